The van der Waals surface area contributed by atoms with Crippen molar-refractivity contribution in [3.05, 3.63) is 64.7 Å². The van der Waals surface area contributed by atoms with Crippen LogP contribution in [0.25, 0.3) is 11.4 Å². The molecule has 0 radical (unpaired) electrons. The van der Waals surface area contributed by atoms with Crippen LogP contribution in [0, 0.1) is 10.6 Å². The zero-order valence-corrected chi connectivity index (χ0v) is 16.8. The number of methoxy groups -OCH3 is 1. The topological polar surface area (TPSA) is 63.1 Å². The van der Waals surface area contributed by atoms with E-state index in [2.05, 4.69) is 10.2 Å². The number of halogens is 1. The van der Waals surface area contributed by atoms with Gasteiger partial charge in [0.05, 0.1) is 7.11 Å². The molecule has 8 heteroatoms. The summed E-state index contributed by atoms with van der Waals surface area (Å²) in [5.41, 5.74) is 1.33. The third-order valence-corrected chi connectivity index (χ3v) is 5.32. The molecule has 0 saturated heterocycles. The second kappa shape index (κ2) is 8.16. The Morgan fingerprint density at radius 2 is 2.00 bits per heavy atom. The molecule has 1 aromatic heterocycles. The lowest BCUT2D eigenvalue weighted by Crippen LogP contribution is -2.35. The van der Waals surface area contributed by atoms with E-state index < -0.39 is 0 Å². The van der Waals surface area contributed by atoms with Gasteiger partial charge in [0, 0.05) is 23.7 Å². The first kappa shape index (κ1) is 19.3. The van der Waals surface area contributed by atoms with Crippen LogP contribution < -0.4 is 4.74 Å². The minimum absolute atomic E-state index is 0.0433. The highest BCUT2D eigenvalue weighted by molar-refractivity contribution is 7.71. The van der Waals surface area contributed by atoms with Crippen molar-refractivity contribution in [1.29, 1.82) is 0 Å². The summed E-state index contributed by atoms with van der Waals surface area (Å²) in [7, 11) is 1.60. The maximum atomic E-state index is 14.1. The number of ether oxygens (including phenoxy) is 1. The Bertz CT molecular complexity index is 1070. The normalized spacial score (nSPS) is 13.3. The standard InChI is InChI=1S/C21H21FN4O2S/c1-28-17-10-6-14(7-11-17)20-23-24-21(29)26(20)13-19(27)25(16-8-9-16)12-15-4-2-3-5-18(15)22/h2-7,10-11,16H,8-9,12-13H2,1H3,(H,24,29). The van der Waals surface area contributed by atoms with Gasteiger partial charge in [0.25, 0.3) is 0 Å². The molecule has 150 valence electrons. The van der Waals surface area contributed by atoms with Gasteiger partial charge in [0.1, 0.15) is 18.1 Å². The van der Waals surface area contributed by atoms with Crippen LogP contribution in [0.5, 0.6) is 5.75 Å². The number of H-pyrrole nitrogens is 1. The van der Waals surface area contributed by atoms with Crippen molar-refractivity contribution in [2.75, 3.05) is 7.11 Å². The van der Waals surface area contributed by atoms with Crippen LogP contribution in [0.2, 0.25) is 0 Å². The monoisotopic (exact) mass is 412 g/mol. The molecular weight excluding hydrogens is 391 g/mol. The van der Waals surface area contributed by atoms with Gasteiger partial charge >= 0.3 is 0 Å². The number of benzene rings is 2. The van der Waals surface area contributed by atoms with Crippen LogP contribution >= 0.6 is 12.2 Å². The molecule has 1 saturated carbocycles. The van der Waals surface area contributed by atoms with E-state index in [4.69, 9.17) is 17.0 Å². The van der Waals surface area contributed by atoms with Crippen molar-refractivity contribution in [2.45, 2.75) is 32.0 Å². The van der Waals surface area contributed by atoms with E-state index in [1.54, 1.807) is 34.8 Å². The number of carbonyl (C=O) groups is 1. The van der Waals surface area contributed by atoms with E-state index in [1.807, 2.05) is 24.3 Å². The molecule has 1 fully saturated rings. The SMILES string of the molecule is COc1ccc(-c2n[nH]c(=S)n2CC(=O)N(Cc2ccccc2F)C2CC2)cc1. The van der Waals surface area contributed by atoms with Crippen LogP contribution in [0.4, 0.5) is 4.39 Å². The van der Waals surface area contributed by atoms with Gasteiger partial charge in [0.15, 0.2) is 10.6 Å². The molecule has 1 aliphatic carbocycles. The number of rotatable bonds is 7. The molecular formula is C21H21FN4O2S. The highest BCUT2D eigenvalue weighted by Crippen LogP contribution is 2.29. The quantitative estimate of drug-likeness (QED) is 0.597. The maximum Gasteiger partial charge on any atom is 0.243 e. The summed E-state index contributed by atoms with van der Waals surface area (Å²) < 4.78 is 21.3. The second-order valence-electron chi connectivity index (χ2n) is 7.01. The Morgan fingerprint density at radius 1 is 1.28 bits per heavy atom. The number of hydrogen-bond acceptors (Lipinski definition) is 4. The molecule has 1 N–H and O–H groups in total. The first-order valence-corrected chi connectivity index (χ1v) is 9.80. The Kier molecular flexibility index (Phi) is 5.44. The predicted octanol–water partition coefficient (Wildman–Crippen LogP) is 3.95. The van der Waals surface area contributed by atoms with Gasteiger partial charge in [-0.15, -0.1) is 0 Å². The van der Waals surface area contributed by atoms with Crippen LogP contribution in [0.3, 0.4) is 0 Å². The molecule has 1 heterocycles. The molecule has 0 aliphatic heterocycles. The first-order chi connectivity index (χ1) is 14.1. The number of aromatic amines is 1. The maximum absolute atomic E-state index is 14.1. The molecule has 6 nitrogen and oxygen atoms in total. The average Bonchev–Trinajstić information content (AvgIpc) is 3.51. The fraction of sp³-hybridized carbons (Fsp3) is 0.286. The van der Waals surface area contributed by atoms with Crippen molar-refractivity contribution in [3.8, 4) is 17.1 Å². The fourth-order valence-corrected chi connectivity index (χ4v) is 3.46. The average molecular weight is 412 g/mol. The third-order valence-electron chi connectivity index (χ3n) is 5.01. The van der Waals surface area contributed by atoms with Gasteiger partial charge in [-0.05, 0) is 55.4 Å². The van der Waals surface area contributed by atoms with Gasteiger partial charge in [0.2, 0.25) is 5.91 Å². The van der Waals surface area contributed by atoms with Crippen molar-refractivity contribution in [3.63, 3.8) is 0 Å². The van der Waals surface area contributed by atoms with Crippen molar-refractivity contribution in [2.24, 2.45) is 0 Å². The van der Waals surface area contributed by atoms with Gasteiger partial charge in [-0.3, -0.25) is 14.5 Å². The lowest BCUT2D eigenvalue weighted by molar-refractivity contribution is -0.133. The van der Waals surface area contributed by atoms with Gasteiger partial charge in [-0.25, -0.2) is 4.39 Å². The van der Waals surface area contributed by atoms with E-state index >= 15 is 0 Å². The summed E-state index contributed by atoms with van der Waals surface area (Å²) in [6, 6.07) is 14.1. The highest BCUT2D eigenvalue weighted by Gasteiger charge is 2.33. The Morgan fingerprint density at radius 3 is 2.66 bits per heavy atom. The zero-order chi connectivity index (χ0) is 20.4. The molecule has 0 unspecified atom stereocenters. The summed E-state index contributed by atoms with van der Waals surface area (Å²) in [6.07, 6.45) is 1.87. The van der Waals surface area contributed by atoms with E-state index in [0.717, 1.165) is 24.2 Å². The second-order valence-corrected chi connectivity index (χ2v) is 7.40. The number of carbonyl (C=O) groups excluding carboxylic acids is 1. The third kappa shape index (κ3) is 4.22. The molecule has 2 aromatic carbocycles. The van der Waals surface area contributed by atoms with E-state index in [0.29, 0.717) is 16.2 Å². The lowest BCUT2D eigenvalue weighted by atomic mass is 10.2. The van der Waals surface area contributed by atoms with Crippen molar-refractivity contribution < 1.29 is 13.9 Å². The number of hydrogen-bond donors (Lipinski definition) is 1. The van der Waals surface area contributed by atoms with Gasteiger partial charge in [-0.1, -0.05) is 18.2 Å². The Hall–Kier alpha value is -3.00. The molecule has 0 spiro atoms. The molecule has 3 aromatic rings. The van der Waals surface area contributed by atoms with Crippen LogP contribution in [0.1, 0.15) is 18.4 Å². The summed E-state index contributed by atoms with van der Waals surface area (Å²) in [5.74, 6) is 0.899. The van der Waals surface area contributed by atoms with Crippen LogP contribution in [-0.4, -0.2) is 38.7 Å². The summed E-state index contributed by atoms with van der Waals surface area (Å²) in [4.78, 5) is 14.9. The Balaban J connectivity index is 1.58. The van der Waals surface area contributed by atoms with Crippen molar-refractivity contribution in [1.82, 2.24) is 19.7 Å². The van der Waals surface area contributed by atoms with Crippen molar-refractivity contribution >= 4 is 18.1 Å². The minimum Gasteiger partial charge on any atom is -0.497 e. The first-order valence-electron chi connectivity index (χ1n) is 9.39. The van der Waals surface area contributed by atoms with E-state index in [9.17, 15) is 9.18 Å². The zero-order valence-electron chi connectivity index (χ0n) is 16.0. The highest BCUT2D eigenvalue weighted by atomic mass is 32.1. The molecule has 1 aliphatic rings. The molecule has 0 atom stereocenters. The molecule has 1 amide bonds. The number of amides is 1. The van der Waals surface area contributed by atoms with Gasteiger partial charge < -0.3 is 9.64 Å². The Labute approximate surface area is 172 Å². The van der Waals surface area contributed by atoms with Crippen LogP contribution in [0.15, 0.2) is 48.5 Å². The molecule has 29 heavy (non-hydrogen) atoms. The van der Waals surface area contributed by atoms with Gasteiger partial charge in [-0.2, -0.15) is 5.10 Å². The van der Waals surface area contributed by atoms with Crippen LogP contribution in [-0.2, 0) is 17.9 Å². The lowest BCUT2D eigenvalue weighted by Gasteiger charge is -2.23. The molecule has 4 rings (SSSR count). The number of nitrogens with one attached hydrogen (secondary N) is 1. The van der Waals surface area contributed by atoms with E-state index in [-0.39, 0.29) is 30.9 Å². The summed E-state index contributed by atoms with van der Waals surface area (Å²) in [5, 5.41) is 7.05. The smallest absolute Gasteiger partial charge is 0.243 e. The number of nitrogens with zero attached hydrogens (tertiary/aromatic N) is 3. The summed E-state index contributed by atoms with van der Waals surface area (Å²) >= 11 is 5.35. The minimum atomic E-state index is -0.301. The molecule has 0 bridgehead atoms. The fourth-order valence-electron chi connectivity index (χ4n) is 3.27. The van der Waals surface area contributed by atoms with E-state index in [1.165, 1.54) is 6.07 Å². The largest absolute Gasteiger partial charge is 0.497 e. The predicted molar refractivity (Wildman–Crippen MR) is 109 cm³/mol. The number of aromatic nitrogens is 3. The summed E-state index contributed by atoms with van der Waals surface area (Å²) in [6.45, 7) is 0.293.